The average Bonchev–Trinajstić information content (AvgIpc) is 3.04. The molecular formula is C13H13N3O3. The molecule has 1 aromatic heterocycles. The van der Waals surface area contributed by atoms with E-state index < -0.39 is 0 Å². The first-order valence-electron chi connectivity index (χ1n) is 5.91. The van der Waals surface area contributed by atoms with Gasteiger partial charge in [0, 0.05) is 17.8 Å². The number of rotatable bonds is 3. The van der Waals surface area contributed by atoms with E-state index in [4.69, 9.17) is 9.47 Å². The lowest BCUT2D eigenvalue weighted by atomic mass is 10.1. The zero-order valence-corrected chi connectivity index (χ0v) is 10.4. The fourth-order valence-corrected chi connectivity index (χ4v) is 1.98. The third-order valence-corrected chi connectivity index (χ3v) is 2.99. The Morgan fingerprint density at radius 3 is 3.16 bits per heavy atom. The number of H-pyrrole nitrogens is 1. The van der Waals surface area contributed by atoms with Crippen LogP contribution >= 0.6 is 0 Å². The molecule has 0 radical (unpaired) electrons. The normalized spacial score (nSPS) is 12.5. The van der Waals surface area contributed by atoms with Gasteiger partial charge in [0.2, 0.25) is 6.79 Å². The van der Waals surface area contributed by atoms with Crippen LogP contribution in [-0.4, -0.2) is 22.9 Å². The van der Waals surface area contributed by atoms with Crippen LogP contribution in [0, 0.1) is 6.92 Å². The molecule has 0 aliphatic carbocycles. The minimum absolute atomic E-state index is 0.164. The van der Waals surface area contributed by atoms with Crippen molar-refractivity contribution in [3.63, 3.8) is 0 Å². The molecule has 2 aromatic rings. The molecule has 19 heavy (non-hydrogen) atoms. The van der Waals surface area contributed by atoms with Crippen LogP contribution in [0.15, 0.2) is 24.4 Å². The Labute approximate surface area is 109 Å². The molecule has 0 saturated carbocycles. The Morgan fingerprint density at radius 2 is 2.37 bits per heavy atom. The molecule has 2 N–H and O–H groups in total. The molecule has 1 amide bonds. The molecular weight excluding hydrogens is 246 g/mol. The number of carbonyl (C=O) groups is 1. The number of aromatic amines is 1. The summed E-state index contributed by atoms with van der Waals surface area (Å²) in [6.07, 6.45) is 1.51. The quantitative estimate of drug-likeness (QED) is 0.873. The highest BCUT2D eigenvalue weighted by molar-refractivity contribution is 5.94. The van der Waals surface area contributed by atoms with E-state index in [-0.39, 0.29) is 12.7 Å². The van der Waals surface area contributed by atoms with Crippen molar-refractivity contribution in [1.82, 2.24) is 15.5 Å². The van der Waals surface area contributed by atoms with E-state index in [1.807, 2.05) is 18.2 Å². The number of aromatic nitrogens is 2. The summed E-state index contributed by atoms with van der Waals surface area (Å²) in [5.74, 6) is 1.25. The van der Waals surface area contributed by atoms with E-state index in [1.54, 1.807) is 6.92 Å². The number of nitrogens with one attached hydrogen (secondary N) is 2. The number of benzene rings is 1. The number of para-hydroxylation sites is 1. The number of amides is 1. The van der Waals surface area contributed by atoms with Crippen molar-refractivity contribution in [2.45, 2.75) is 13.5 Å². The molecule has 0 spiro atoms. The van der Waals surface area contributed by atoms with E-state index in [2.05, 4.69) is 15.5 Å². The lowest BCUT2D eigenvalue weighted by molar-refractivity contribution is 0.0950. The maximum Gasteiger partial charge on any atom is 0.255 e. The fraction of sp³-hybridized carbons (Fsp3) is 0.231. The molecule has 0 unspecified atom stereocenters. The molecule has 6 nitrogen and oxygen atoms in total. The molecule has 1 aromatic carbocycles. The van der Waals surface area contributed by atoms with Gasteiger partial charge in [-0.15, -0.1) is 0 Å². The number of aryl methyl sites for hydroxylation is 1. The van der Waals surface area contributed by atoms with E-state index in [0.29, 0.717) is 23.6 Å². The smallest absolute Gasteiger partial charge is 0.255 e. The van der Waals surface area contributed by atoms with Crippen LogP contribution < -0.4 is 14.8 Å². The van der Waals surface area contributed by atoms with Crippen LogP contribution in [0.5, 0.6) is 11.5 Å². The Kier molecular flexibility index (Phi) is 2.83. The lowest BCUT2D eigenvalue weighted by Gasteiger charge is -2.07. The van der Waals surface area contributed by atoms with Gasteiger partial charge in [-0.2, -0.15) is 5.10 Å². The zero-order chi connectivity index (χ0) is 13.2. The van der Waals surface area contributed by atoms with E-state index in [0.717, 1.165) is 11.3 Å². The molecule has 0 saturated heterocycles. The molecule has 6 heteroatoms. The molecule has 3 rings (SSSR count). The third-order valence-electron chi connectivity index (χ3n) is 2.99. The summed E-state index contributed by atoms with van der Waals surface area (Å²) < 4.78 is 10.7. The van der Waals surface area contributed by atoms with Crippen molar-refractivity contribution in [2.75, 3.05) is 6.79 Å². The SMILES string of the molecule is Cc1[nH]ncc1C(=O)NCc1cccc2c1OCO2. The first-order chi connectivity index (χ1) is 9.25. The Bertz CT molecular complexity index is 621. The van der Waals surface area contributed by atoms with Gasteiger partial charge in [-0.25, -0.2) is 0 Å². The van der Waals surface area contributed by atoms with Gasteiger partial charge < -0.3 is 14.8 Å². The van der Waals surface area contributed by atoms with Crippen LogP contribution in [0.4, 0.5) is 0 Å². The van der Waals surface area contributed by atoms with Gasteiger partial charge >= 0.3 is 0 Å². The maximum absolute atomic E-state index is 12.0. The zero-order valence-electron chi connectivity index (χ0n) is 10.4. The van der Waals surface area contributed by atoms with Gasteiger partial charge in [0.15, 0.2) is 11.5 Å². The number of fused-ring (bicyclic) bond motifs is 1. The Hall–Kier alpha value is -2.50. The van der Waals surface area contributed by atoms with Gasteiger partial charge in [-0.1, -0.05) is 12.1 Å². The first-order valence-corrected chi connectivity index (χ1v) is 5.91. The molecule has 98 valence electrons. The van der Waals surface area contributed by atoms with Crippen LogP contribution in [0.1, 0.15) is 21.6 Å². The average molecular weight is 259 g/mol. The van der Waals surface area contributed by atoms with Crippen molar-refractivity contribution in [3.05, 3.63) is 41.2 Å². The molecule has 1 aliphatic heterocycles. The molecule has 0 bridgehead atoms. The second-order valence-corrected chi connectivity index (χ2v) is 4.24. The topological polar surface area (TPSA) is 76.2 Å². The summed E-state index contributed by atoms with van der Waals surface area (Å²) in [4.78, 5) is 12.0. The lowest BCUT2D eigenvalue weighted by Crippen LogP contribution is -2.23. The Balaban J connectivity index is 1.72. The largest absolute Gasteiger partial charge is 0.454 e. The van der Waals surface area contributed by atoms with Crippen LogP contribution in [0.25, 0.3) is 0 Å². The summed E-state index contributed by atoms with van der Waals surface area (Å²) in [5.41, 5.74) is 2.18. The van der Waals surface area contributed by atoms with Crippen molar-refractivity contribution in [1.29, 1.82) is 0 Å². The van der Waals surface area contributed by atoms with Crippen molar-refractivity contribution >= 4 is 5.91 Å². The first kappa shape index (κ1) is 11.6. The molecule has 2 heterocycles. The number of hydrogen-bond donors (Lipinski definition) is 2. The summed E-state index contributed by atoms with van der Waals surface area (Å²) in [7, 11) is 0. The standard InChI is InChI=1S/C13H13N3O3/c1-8-10(6-15-16-8)13(17)14-5-9-3-2-4-11-12(9)19-7-18-11/h2-4,6H,5,7H2,1H3,(H,14,17)(H,15,16). The molecule has 0 fully saturated rings. The minimum atomic E-state index is -0.164. The highest BCUT2D eigenvalue weighted by atomic mass is 16.7. The molecule has 0 atom stereocenters. The predicted molar refractivity (Wildman–Crippen MR) is 67.1 cm³/mol. The number of hydrogen-bond acceptors (Lipinski definition) is 4. The van der Waals surface area contributed by atoms with Gasteiger partial charge in [0.1, 0.15) is 0 Å². The monoisotopic (exact) mass is 259 g/mol. The summed E-state index contributed by atoms with van der Waals surface area (Å²) in [6.45, 7) is 2.41. The summed E-state index contributed by atoms with van der Waals surface area (Å²) in [5, 5.41) is 9.40. The predicted octanol–water partition coefficient (Wildman–Crippen LogP) is 1.38. The highest BCUT2D eigenvalue weighted by Gasteiger charge is 2.18. The van der Waals surface area contributed by atoms with Crippen LogP contribution in [0.3, 0.4) is 0 Å². The van der Waals surface area contributed by atoms with Crippen LogP contribution in [0.2, 0.25) is 0 Å². The number of ether oxygens (including phenoxy) is 2. The number of carbonyl (C=O) groups excluding carboxylic acids is 1. The second kappa shape index (κ2) is 4.64. The maximum atomic E-state index is 12.0. The van der Waals surface area contributed by atoms with Gasteiger partial charge in [0.05, 0.1) is 11.8 Å². The molecule has 1 aliphatic rings. The van der Waals surface area contributed by atoms with Gasteiger partial charge in [-0.05, 0) is 13.0 Å². The van der Waals surface area contributed by atoms with E-state index in [1.165, 1.54) is 6.20 Å². The van der Waals surface area contributed by atoms with Gasteiger partial charge in [-0.3, -0.25) is 9.89 Å². The summed E-state index contributed by atoms with van der Waals surface area (Å²) in [6, 6.07) is 5.61. The minimum Gasteiger partial charge on any atom is -0.454 e. The highest BCUT2D eigenvalue weighted by Crippen LogP contribution is 2.35. The van der Waals surface area contributed by atoms with Gasteiger partial charge in [0.25, 0.3) is 5.91 Å². The second-order valence-electron chi connectivity index (χ2n) is 4.24. The summed E-state index contributed by atoms with van der Waals surface area (Å²) >= 11 is 0. The number of nitrogens with zero attached hydrogens (tertiary/aromatic N) is 1. The van der Waals surface area contributed by atoms with Crippen molar-refractivity contribution in [3.8, 4) is 11.5 Å². The van der Waals surface area contributed by atoms with E-state index >= 15 is 0 Å². The third kappa shape index (κ3) is 2.12. The van der Waals surface area contributed by atoms with E-state index in [9.17, 15) is 4.79 Å². The van der Waals surface area contributed by atoms with Crippen molar-refractivity contribution < 1.29 is 14.3 Å². The fourth-order valence-electron chi connectivity index (χ4n) is 1.98. The Morgan fingerprint density at radius 1 is 1.47 bits per heavy atom. The van der Waals surface area contributed by atoms with Crippen molar-refractivity contribution in [2.24, 2.45) is 0 Å². The van der Waals surface area contributed by atoms with Crippen LogP contribution in [-0.2, 0) is 6.54 Å².